The summed E-state index contributed by atoms with van der Waals surface area (Å²) in [5.41, 5.74) is 4.70. The van der Waals surface area contributed by atoms with E-state index in [-0.39, 0.29) is 11.6 Å². The van der Waals surface area contributed by atoms with Gasteiger partial charge >= 0.3 is 12.2 Å². The second kappa shape index (κ2) is 4.79. The van der Waals surface area contributed by atoms with Crippen LogP contribution in [0, 0.1) is 0 Å². The molecule has 1 heterocycles. The number of halogens is 3. The summed E-state index contributed by atoms with van der Waals surface area (Å²) >= 11 is 0. The second-order valence-corrected chi connectivity index (χ2v) is 3.90. The van der Waals surface area contributed by atoms with Crippen LogP contribution in [-0.4, -0.2) is 30.0 Å². The number of rotatable bonds is 1. The lowest BCUT2D eigenvalue weighted by molar-refractivity contribution is -0.137. The van der Waals surface area contributed by atoms with Crippen molar-refractivity contribution in [3.8, 4) is 0 Å². The molecule has 0 atom stereocenters. The molecule has 2 rings (SSSR count). The first-order valence-corrected chi connectivity index (χ1v) is 5.43. The molecule has 0 spiro atoms. The van der Waals surface area contributed by atoms with Crippen molar-refractivity contribution in [2.45, 2.75) is 6.18 Å². The lowest BCUT2D eigenvalue weighted by Crippen LogP contribution is -2.41. The molecule has 19 heavy (non-hydrogen) atoms. The van der Waals surface area contributed by atoms with Crippen molar-refractivity contribution in [1.29, 1.82) is 0 Å². The summed E-state index contributed by atoms with van der Waals surface area (Å²) in [5, 5.41) is 2.35. The maximum absolute atomic E-state index is 12.5. The van der Waals surface area contributed by atoms with E-state index in [9.17, 15) is 18.0 Å². The SMILES string of the molecule is NC1=NCCN1C(=O)Nc1cccc(C(F)(F)F)c1. The summed E-state index contributed by atoms with van der Waals surface area (Å²) in [6, 6.07) is 3.79. The number of guanidine groups is 1. The normalized spacial score (nSPS) is 15.3. The van der Waals surface area contributed by atoms with Crippen molar-refractivity contribution in [3.05, 3.63) is 29.8 Å². The van der Waals surface area contributed by atoms with E-state index in [1.54, 1.807) is 0 Å². The van der Waals surface area contributed by atoms with Gasteiger partial charge in [-0.2, -0.15) is 13.2 Å². The fourth-order valence-electron chi connectivity index (χ4n) is 1.63. The standard InChI is InChI=1S/C11H11F3N4O/c12-11(13,14)7-2-1-3-8(6-7)17-10(19)18-5-4-16-9(18)15/h1-3,6H,4-5H2,(H2,15,16)(H,17,19). The van der Waals surface area contributed by atoms with Crippen molar-refractivity contribution < 1.29 is 18.0 Å². The predicted molar refractivity (Wildman–Crippen MR) is 63.7 cm³/mol. The molecule has 102 valence electrons. The first-order valence-electron chi connectivity index (χ1n) is 5.43. The number of alkyl halides is 3. The predicted octanol–water partition coefficient (Wildman–Crippen LogP) is 1.87. The van der Waals surface area contributed by atoms with Crippen molar-refractivity contribution in [3.63, 3.8) is 0 Å². The Hall–Kier alpha value is -2.25. The highest BCUT2D eigenvalue weighted by molar-refractivity contribution is 6.02. The number of anilines is 1. The molecule has 1 aromatic rings. The molecule has 1 aliphatic heterocycles. The highest BCUT2D eigenvalue weighted by Gasteiger charge is 2.30. The summed E-state index contributed by atoms with van der Waals surface area (Å²) in [6.45, 7) is 0.707. The zero-order chi connectivity index (χ0) is 14.0. The van der Waals surface area contributed by atoms with Crippen LogP contribution < -0.4 is 11.1 Å². The number of hydrogen-bond donors (Lipinski definition) is 2. The first-order chi connectivity index (χ1) is 8.88. The smallest absolute Gasteiger partial charge is 0.369 e. The van der Waals surface area contributed by atoms with E-state index in [1.807, 2.05) is 0 Å². The molecule has 0 aromatic heterocycles. The van der Waals surface area contributed by atoms with Crippen LogP contribution in [0.3, 0.4) is 0 Å². The van der Waals surface area contributed by atoms with Gasteiger partial charge in [-0.3, -0.25) is 9.89 Å². The molecule has 5 nitrogen and oxygen atoms in total. The van der Waals surface area contributed by atoms with Gasteiger partial charge in [0.05, 0.1) is 18.7 Å². The summed E-state index contributed by atoms with van der Waals surface area (Å²) in [6.07, 6.45) is -4.45. The Morgan fingerprint density at radius 3 is 2.74 bits per heavy atom. The third-order valence-electron chi connectivity index (χ3n) is 2.56. The monoisotopic (exact) mass is 272 g/mol. The van der Waals surface area contributed by atoms with Gasteiger partial charge in [0.2, 0.25) is 0 Å². The number of benzene rings is 1. The molecule has 0 fully saturated rings. The van der Waals surface area contributed by atoms with Crippen molar-refractivity contribution in [1.82, 2.24) is 4.90 Å². The molecule has 0 saturated heterocycles. The molecule has 0 unspecified atom stereocenters. The van der Waals surface area contributed by atoms with Gasteiger partial charge in [-0.1, -0.05) is 6.07 Å². The number of carbonyl (C=O) groups excluding carboxylic acids is 1. The highest BCUT2D eigenvalue weighted by Crippen LogP contribution is 2.30. The van der Waals surface area contributed by atoms with Gasteiger partial charge in [0.25, 0.3) is 0 Å². The average molecular weight is 272 g/mol. The van der Waals surface area contributed by atoms with Crippen molar-refractivity contribution in [2.75, 3.05) is 18.4 Å². The average Bonchev–Trinajstić information content (AvgIpc) is 2.75. The van der Waals surface area contributed by atoms with Crippen LogP contribution >= 0.6 is 0 Å². The number of hydrogen-bond acceptors (Lipinski definition) is 3. The summed E-state index contributed by atoms with van der Waals surface area (Å²) in [5.74, 6) is 0.0597. The fraction of sp³-hybridized carbons (Fsp3) is 0.273. The molecule has 0 saturated carbocycles. The molecular weight excluding hydrogens is 261 g/mol. The van der Waals surface area contributed by atoms with Crippen molar-refractivity contribution >= 4 is 17.7 Å². The number of amides is 2. The Morgan fingerprint density at radius 2 is 2.16 bits per heavy atom. The van der Waals surface area contributed by atoms with Crippen LogP contribution in [0.25, 0.3) is 0 Å². The minimum Gasteiger partial charge on any atom is -0.369 e. The van der Waals surface area contributed by atoms with Gasteiger partial charge < -0.3 is 11.1 Å². The molecule has 1 aliphatic rings. The fourth-order valence-corrected chi connectivity index (χ4v) is 1.63. The number of carbonyl (C=O) groups is 1. The number of nitrogens with zero attached hydrogens (tertiary/aromatic N) is 2. The zero-order valence-electron chi connectivity index (χ0n) is 9.74. The third kappa shape index (κ3) is 2.95. The van der Waals surface area contributed by atoms with Gasteiger partial charge in [-0.25, -0.2) is 4.79 Å². The molecule has 2 amide bonds. The molecular formula is C11H11F3N4O. The maximum atomic E-state index is 12.5. The quantitative estimate of drug-likeness (QED) is 0.819. The summed E-state index contributed by atoms with van der Waals surface area (Å²) in [7, 11) is 0. The number of nitrogens with two attached hydrogens (primary N) is 1. The van der Waals surface area contributed by atoms with Crippen molar-refractivity contribution in [2.24, 2.45) is 10.7 Å². The third-order valence-corrected chi connectivity index (χ3v) is 2.56. The highest BCUT2D eigenvalue weighted by atomic mass is 19.4. The molecule has 3 N–H and O–H groups in total. The van der Waals surface area contributed by atoms with E-state index in [0.29, 0.717) is 13.1 Å². The largest absolute Gasteiger partial charge is 0.416 e. The van der Waals surface area contributed by atoms with E-state index in [4.69, 9.17) is 5.73 Å². The topological polar surface area (TPSA) is 70.7 Å². The van der Waals surface area contributed by atoms with Crippen LogP contribution in [0.2, 0.25) is 0 Å². The Bertz CT molecular complexity index is 527. The maximum Gasteiger partial charge on any atom is 0.416 e. The molecule has 0 aliphatic carbocycles. The summed E-state index contributed by atoms with van der Waals surface area (Å²) in [4.78, 5) is 16.7. The second-order valence-electron chi connectivity index (χ2n) is 3.90. The summed E-state index contributed by atoms with van der Waals surface area (Å²) < 4.78 is 37.5. The van der Waals surface area contributed by atoms with E-state index >= 15 is 0 Å². The van der Waals surface area contributed by atoms with Crippen LogP contribution in [0.1, 0.15) is 5.56 Å². The van der Waals surface area contributed by atoms with Gasteiger partial charge in [-0.15, -0.1) is 0 Å². The van der Waals surface area contributed by atoms with E-state index in [0.717, 1.165) is 12.1 Å². The van der Waals surface area contributed by atoms with Gasteiger partial charge in [0.15, 0.2) is 5.96 Å². The van der Waals surface area contributed by atoms with E-state index in [1.165, 1.54) is 17.0 Å². The number of urea groups is 1. The first kappa shape index (κ1) is 13.2. The Labute approximate surface area is 106 Å². The Morgan fingerprint density at radius 1 is 1.42 bits per heavy atom. The molecule has 1 aromatic carbocycles. The van der Waals surface area contributed by atoms with Crippen LogP contribution in [0.5, 0.6) is 0 Å². The van der Waals surface area contributed by atoms with Crippen LogP contribution in [-0.2, 0) is 6.18 Å². The van der Waals surface area contributed by atoms with Gasteiger partial charge in [-0.05, 0) is 18.2 Å². The molecule has 0 radical (unpaired) electrons. The van der Waals surface area contributed by atoms with Crippen LogP contribution in [0.15, 0.2) is 29.3 Å². The minimum absolute atomic E-state index is 0.0551. The lowest BCUT2D eigenvalue weighted by atomic mass is 10.2. The Balaban J connectivity index is 2.11. The van der Waals surface area contributed by atoms with Gasteiger partial charge in [0.1, 0.15) is 0 Å². The number of aliphatic imine (C=N–C) groups is 1. The van der Waals surface area contributed by atoms with E-state index in [2.05, 4.69) is 10.3 Å². The van der Waals surface area contributed by atoms with E-state index < -0.39 is 17.8 Å². The zero-order valence-corrected chi connectivity index (χ0v) is 9.74. The van der Waals surface area contributed by atoms with Gasteiger partial charge in [0, 0.05) is 5.69 Å². The lowest BCUT2D eigenvalue weighted by Gasteiger charge is -2.16. The Kier molecular flexibility index (Phi) is 3.32. The minimum atomic E-state index is -4.45. The van der Waals surface area contributed by atoms with Crippen LogP contribution in [0.4, 0.5) is 23.7 Å². The molecule has 8 heteroatoms. The number of nitrogens with one attached hydrogen (secondary N) is 1. The molecule has 0 bridgehead atoms.